The molecule has 31 heavy (non-hydrogen) atoms. The van der Waals surface area contributed by atoms with Gasteiger partial charge in [-0.05, 0) is 56.5 Å². The Kier molecular flexibility index (Phi) is 7.80. The number of urea groups is 1. The fourth-order valence-corrected chi connectivity index (χ4v) is 5.62. The average Bonchev–Trinajstić information content (AvgIpc) is 2.74. The number of hydrogen-bond acceptors (Lipinski definition) is 4. The van der Waals surface area contributed by atoms with Crippen molar-refractivity contribution in [3.63, 3.8) is 0 Å². The molecule has 0 saturated carbocycles. The second-order valence-corrected chi connectivity index (χ2v) is 9.92. The van der Waals surface area contributed by atoms with Crippen LogP contribution in [0.25, 0.3) is 0 Å². The van der Waals surface area contributed by atoms with Crippen molar-refractivity contribution < 1.29 is 17.9 Å². The van der Waals surface area contributed by atoms with E-state index in [-0.39, 0.29) is 6.04 Å². The first-order valence-corrected chi connectivity index (χ1v) is 12.1. The monoisotopic (exact) mass is 465 g/mol. The topological polar surface area (TPSA) is 87.7 Å². The molecule has 1 saturated heterocycles. The van der Waals surface area contributed by atoms with Crippen LogP contribution in [0.4, 0.5) is 10.5 Å². The van der Waals surface area contributed by atoms with Gasteiger partial charge in [0.1, 0.15) is 5.75 Å². The van der Waals surface area contributed by atoms with Crippen LogP contribution in [-0.4, -0.2) is 45.0 Å². The standard InChI is InChI=1S/C22H28ClN3O4S/c1-16-6-9-19(10-7-16)31(28,29)26-14-4-3-5-18(26)12-13-24-22(27)25-20-15-17(23)8-11-21(20)30-2/h6-11,15,18H,3-5,12-14H2,1-2H3,(H2,24,25,27). The van der Waals surface area contributed by atoms with Crippen LogP contribution in [-0.2, 0) is 10.0 Å². The van der Waals surface area contributed by atoms with E-state index in [4.69, 9.17) is 16.3 Å². The third-order valence-electron chi connectivity index (χ3n) is 5.37. The lowest BCUT2D eigenvalue weighted by atomic mass is 10.0. The highest BCUT2D eigenvalue weighted by atomic mass is 35.5. The molecule has 7 nitrogen and oxygen atoms in total. The zero-order valence-electron chi connectivity index (χ0n) is 17.7. The highest BCUT2D eigenvalue weighted by Gasteiger charge is 2.33. The lowest BCUT2D eigenvalue weighted by Gasteiger charge is -2.34. The van der Waals surface area contributed by atoms with Gasteiger partial charge < -0.3 is 15.4 Å². The minimum atomic E-state index is -3.57. The Morgan fingerprint density at radius 3 is 2.65 bits per heavy atom. The Morgan fingerprint density at radius 2 is 1.94 bits per heavy atom. The number of anilines is 1. The van der Waals surface area contributed by atoms with Gasteiger partial charge in [0, 0.05) is 24.2 Å². The predicted octanol–water partition coefficient (Wildman–Crippen LogP) is 4.41. The van der Waals surface area contributed by atoms with E-state index >= 15 is 0 Å². The number of ether oxygens (including phenoxy) is 1. The van der Waals surface area contributed by atoms with Gasteiger partial charge >= 0.3 is 6.03 Å². The number of rotatable bonds is 7. The lowest BCUT2D eigenvalue weighted by Crippen LogP contribution is -2.45. The second-order valence-electron chi connectivity index (χ2n) is 7.59. The molecule has 2 aromatic carbocycles. The largest absolute Gasteiger partial charge is 0.495 e. The summed E-state index contributed by atoms with van der Waals surface area (Å²) < 4.78 is 33.1. The minimum absolute atomic E-state index is 0.152. The summed E-state index contributed by atoms with van der Waals surface area (Å²) in [7, 11) is -2.05. The van der Waals surface area contributed by atoms with Gasteiger partial charge in [0.15, 0.2) is 0 Å². The van der Waals surface area contributed by atoms with Crippen LogP contribution in [0.15, 0.2) is 47.4 Å². The summed E-state index contributed by atoms with van der Waals surface area (Å²) in [4.78, 5) is 12.6. The van der Waals surface area contributed by atoms with Gasteiger partial charge in [0.2, 0.25) is 10.0 Å². The summed E-state index contributed by atoms with van der Waals surface area (Å²) >= 11 is 5.99. The van der Waals surface area contributed by atoms with Crippen LogP contribution in [0.3, 0.4) is 0 Å². The second kappa shape index (κ2) is 10.3. The Labute approximate surface area is 188 Å². The van der Waals surface area contributed by atoms with Crippen LogP contribution in [0.2, 0.25) is 5.02 Å². The SMILES string of the molecule is COc1ccc(Cl)cc1NC(=O)NCCC1CCCCN1S(=O)(=O)c1ccc(C)cc1. The number of carbonyl (C=O) groups is 1. The van der Waals surface area contributed by atoms with Gasteiger partial charge in [-0.3, -0.25) is 0 Å². The first-order chi connectivity index (χ1) is 14.8. The molecule has 9 heteroatoms. The van der Waals surface area contributed by atoms with Crippen LogP contribution in [0, 0.1) is 6.92 Å². The molecule has 168 valence electrons. The number of benzene rings is 2. The fourth-order valence-electron chi connectivity index (χ4n) is 3.72. The molecule has 1 aliphatic heterocycles. The van der Waals surface area contributed by atoms with Crippen LogP contribution < -0.4 is 15.4 Å². The molecule has 0 aromatic heterocycles. The Morgan fingerprint density at radius 1 is 1.19 bits per heavy atom. The molecule has 0 aliphatic carbocycles. The van der Waals surface area contributed by atoms with Crippen molar-refractivity contribution in [2.45, 2.75) is 43.5 Å². The van der Waals surface area contributed by atoms with Crippen LogP contribution in [0.1, 0.15) is 31.2 Å². The number of hydrogen-bond donors (Lipinski definition) is 2. The number of aryl methyl sites for hydroxylation is 1. The third-order valence-corrected chi connectivity index (χ3v) is 7.57. The van der Waals surface area contributed by atoms with Crippen molar-refractivity contribution in [3.8, 4) is 5.75 Å². The number of nitrogens with zero attached hydrogens (tertiary/aromatic N) is 1. The molecule has 0 spiro atoms. The van der Waals surface area contributed by atoms with E-state index in [1.165, 1.54) is 7.11 Å². The molecular weight excluding hydrogens is 438 g/mol. The average molecular weight is 466 g/mol. The molecule has 3 rings (SSSR count). The smallest absolute Gasteiger partial charge is 0.319 e. The molecule has 1 heterocycles. The maximum Gasteiger partial charge on any atom is 0.319 e. The highest BCUT2D eigenvalue weighted by Crippen LogP contribution is 2.28. The molecule has 0 radical (unpaired) electrons. The van der Waals surface area contributed by atoms with Crippen molar-refractivity contribution in [1.82, 2.24) is 9.62 Å². The van der Waals surface area contributed by atoms with Gasteiger partial charge in [0.25, 0.3) is 0 Å². The van der Waals surface area contributed by atoms with Gasteiger partial charge in [-0.2, -0.15) is 4.31 Å². The van der Waals surface area contributed by atoms with Crippen molar-refractivity contribution in [2.75, 3.05) is 25.5 Å². The lowest BCUT2D eigenvalue weighted by molar-refractivity contribution is 0.234. The maximum absolute atomic E-state index is 13.1. The molecule has 1 fully saturated rings. The number of piperidine rings is 1. The van der Waals surface area contributed by atoms with Gasteiger partial charge in [-0.15, -0.1) is 0 Å². The first kappa shape index (κ1) is 23.4. The van der Waals surface area contributed by atoms with Crippen LogP contribution >= 0.6 is 11.6 Å². The summed E-state index contributed by atoms with van der Waals surface area (Å²) in [5.41, 5.74) is 1.48. The zero-order valence-corrected chi connectivity index (χ0v) is 19.3. The first-order valence-electron chi connectivity index (χ1n) is 10.3. The molecule has 2 aromatic rings. The predicted molar refractivity (Wildman–Crippen MR) is 122 cm³/mol. The van der Waals surface area contributed by atoms with Gasteiger partial charge in [0.05, 0.1) is 17.7 Å². The van der Waals surface area contributed by atoms with Gasteiger partial charge in [-0.1, -0.05) is 35.7 Å². The number of carbonyl (C=O) groups excluding carboxylic acids is 1. The number of halogens is 1. The van der Waals surface area contributed by atoms with Crippen molar-refractivity contribution in [1.29, 1.82) is 0 Å². The third kappa shape index (κ3) is 5.90. The van der Waals surface area contributed by atoms with E-state index in [1.54, 1.807) is 34.6 Å². The number of nitrogens with one attached hydrogen (secondary N) is 2. The fraction of sp³-hybridized carbons (Fsp3) is 0.409. The minimum Gasteiger partial charge on any atom is -0.495 e. The number of methoxy groups -OCH3 is 1. The molecule has 2 amide bonds. The van der Waals surface area contributed by atoms with E-state index < -0.39 is 16.1 Å². The van der Waals surface area contributed by atoms with Crippen LogP contribution in [0.5, 0.6) is 5.75 Å². The zero-order chi connectivity index (χ0) is 22.4. The van der Waals surface area contributed by atoms with E-state index in [0.717, 1.165) is 24.8 Å². The normalized spacial score (nSPS) is 17.2. The molecule has 1 aliphatic rings. The molecule has 2 N–H and O–H groups in total. The highest BCUT2D eigenvalue weighted by molar-refractivity contribution is 7.89. The summed E-state index contributed by atoms with van der Waals surface area (Å²) in [5.74, 6) is 0.502. The summed E-state index contributed by atoms with van der Waals surface area (Å²) in [6.07, 6.45) is 3.11. The van der Waals surface area contributed by atoms with Crippen molar-refractivity contribution in [2.24, 2.45) is 0 Å². The Hall–Kier alpha value is -2.29. The van der Waals surface area contributed by atoms with Gasteiger partial charge in [-0.25, -0.2) is 13.2 Å². The summed E-state index contributed by atoms with van der Waals surface area (Å²) in [6, 6.07) is 11.3. The Bertz CT molecular complexity index is 1010. The maximum atomic E-state index is 13.1. The summed E-state index contributed by atoms with van der Waals surface area (Å²) in [5, 5.41) is 6.00. The Balaban J connectivity index is 1.60. The molecular formula is C22H28ClN3O4S. The van der Waals surface area contributed by atoms with E-state index in [9.17, 15) is 13.2 Å². The van der Waals surface area contributed by atoms with Crippen molar-refractivity contribution >= 4 is 33.3 Å². The molecule has 1 unspecified atom stereocenters. The number of amides is 2. The number of sulfonamides is 1. The van der Waals surface area contributed by atoms with E-state index in [0.29, 0.717) is 40.9 Å². The summed E-state index contributed by atoms with van der Waals surface area (Å²) in [6.45, 7) is 2.77. The van der Waals surface area contributed by atoms with E-state index in [1.807, 2.05) is 19.1 Å². The van der Waals surface area contributed by atoms with Crippen molar-refractivity contribution in [3.05, 3.63) is 53.1 Å². The molecule has 0 bridgehead atoms. The molecule has 1 atom stereocenters. The quantitative estimate of drug-likeness (QED) is 0.633. The van der Waals surface area contributed by atoms with E-state index in [2.05, 4.69) is 10.6 Å².